The van der Waals surface area contributed by atoms with Gasteiger partial charge in [-0.1, -0.05) is 47.6 Å². The second-order valence-electron chi connectivity index (χ2n) is 8.91. The lowest BCUT2D eigenvalue weighted by atomic mass is 10.2. The van der Waals surface area contributed by atoms with Crippen LogP contribution in [-0.2, 0) is 4.74 Å². The maximum Gasteiger partial charge on any atom is 0.410 e. The fourth-order valence-corrected chi connectivity index (χ4v) is 4.71. The molecule has 0 N–H and O–H groups in total. The highest BCUT2D eigenvalue weighted by Crippen LogP contribution is 2.36. The summed E-state index contributed by atoms with van der Waals surface area (Å²) in [6.07, 6.45) is 0.558. The van der Waals surface area contributed by atoms with Crippen molar-refractivity contribution in [2.45, 2.75) is 48.8 Å². The Morgan fingerprint density at radius 1 is 1.12 bits per heavy atom. The molecule has 1 atom stereocenters. The fraction of sp³-hybridized carbons (Fsp3) is 0.375. The van der Waals surface area contributed by atoms with Gasteiger partial charge in [0.15, 0.2) is 5.82 Å². The average Bonchev–Trinajstić information content (AvgIpc) is 3.23. The molecule has 0 spiro atoms. The van der Waals surface area contributed by atoms with E-state index in [1.54, 1.807) is 23.7 Å². The standard InChI is InChI=1S/C24H27ClN4O2S/c1-24(2,3)31-23(30)28(4)17-13-14-29(15-17)21-19-7-5-6-8-20(19)22(27-26-21)32-18-11-9-16(25)10-12-18/h5-12,17H,13-15H2,1-4H3. The monoisotopic (exact) mass is 470 g/mol. The van der Waals surface area contributed by atoms with Crippen LogP contribution in [0.4, 0.5) is 10.6 Å². The van der Waals surface area contributed by atoms with Crippen LogP contribution >= 0.6 is 23.4 Å². The predicted molar refractivity (Wildman–Crippen MR) is 130 cm³/mol. The highest BCUT2D eigenvalue weighted by atomic mass is 35.5. The van der Waals surface area contributed by atoms with Gasteiger partial charge in [0.2, 0.25) is 0 Å². The van der Waals surface area contributed by atoms with E-state index in [0.29, 0.717) is 11.6 Å². The van der Waals surface area contributed by atoms with Crippen LogP contribution in [0.2, 0.25) is 5.02 Å². The molecule has 1 aliphatic rings. The van der Waals surface area contributed by atoms with Gasteiger partial charge in [-0.05, 0) is 51.5 Å². The van der Waals surface area contributed by atoms with Crippen LogP contribution in [0.1, 0.15) is 27.2 Å². The molecule has 1 saturated heterocycles. The molecule has 32 heavy (non-hydrogen) atoms. The quantitative estimate of drug-likeness (QED) is 0.474. The number of ether oxygens (including phenoxy) is 1. The van der Waals surface area contributed by atoms with Crippen molar-refractivity contribution in [2.75, 3.05) is 25.0 Å². The van der Waals surface area contributed by atoms with Crippen molar-refractivity contribution in [1.29, 1.82) is 0 Å². The Bertz CT molecular complexity index is 1120. The summed E-state index contributed by atoms with van der Waals surface area (Å²) >= 11 is 7.58. The first-order valence-corrected chi connectivity index (χ1v) is 11.8. The summed E-state index contributed by atoms with van der Waals surface area (Å²) in [4.78, 5) is 17.4. The number of hydrogen-bond donors (Lipinski definition) is 0. The lowest BCUT2D eigenvalue weighted by Gasteiger charge is -2.28. The van der Waals surface area contributed by atoms with Crippen LogP contribution in [0.25, 0.3) is 10.8 Å². The van der Waals surface area contributed by atoms with E-state index in [2.05, 4.69) is 27.2 Å². The van der Waals surface area contributed by atoms with Crippen molar-refractivity contribution in [3.63, 3.8) is 0 Å². The van der Waals surface area contributed by atoms with Crippen LogP contribution < -0.4 is 4.90 Å². The third kappa shape index (κ3) is 5.10. The zero-order valence-electron chi connectivity index (χ0n) is 18.7. The molecule has 0 saturated carbocycles. The number of halogens is 1. The number of nitrogens with zero attached hydrogens (tertiary/aromatic N) is 4. The normalized spacial score (nSPS) is 16.4. The molecule has 0 aliphatic carbocycles. The molecule has 0 radical (unpaired) electrons. The number of likely N-dealkylation sites (N-methyl/N-ethyl adjacent to an activating group) is 1. The Labute approximate surface area is 197 Å². The van der Waals surface area contributed by atoms with Crippen molar-refractivity contribution < 1.29 is 9.53 Å². The minimum absolute atomic E-state index is 0.0635. The van der Waals surface area contributed by atoms with Gasteiger partial charge in [0.1, 0.15) is 10.6 Å². The Hall–Kier alpha value is -2.51. The lowest BCUT2D eigenvalue weighted by molar-refractivity contribution is 0.0238. The number of aromatic nitrogens is 2. The van der Waals surface area contributed by atoms with Crippen LogP contribution in [-0.4, -0.2) is 53.0 Å². The number of anilines is 1. The van der Waals surface area contributed by atoms with E-state index in [-0.39, 0.29) is 12.1 Å². The molecule has 1 amide bonds. The maximum absolute atomic E-state index is 12.5. The first-order valence-electron chi connectivity index (χ1n) is 10.6. The predicted octanol–water partition coefficient (Wildman–Crippen LogP) is 5.88. The number of amides is 1. The molecule has 1 aromatic heterocycles. The number of rotatable bonds is 4. The highest BCUT2D eigenvalue weighted by Gasteiger charge is 2.32. The molecule has 8 heteroatoms. The van der Waals surface area contributed by atoms with E-state index in [1.807, 2.05) is 57.2 Å². The van der Waals surface area contributed by atoms with Crippen molar-refractivity contribution in [3.8, 4) is 0 Å². The second-order valence-corrected chi connectivity index (χ2v) is 10.4. The Balaban J connectivity index is 1.55. The molecule has 2 aromatic carbocycles. The molecular weight excluding hydrogens is 444 g/mol. The number of benzene rings is 2. The SMILES string of the molecule is CN(C(=O)OC(C)(C)C)C1CCN(c2nnc(Sc3ccc(Cl)cc3)c3ccccc23)C1. The maximum atomic E-state index is 12.5. The summed E-state index contributed by atoms with van der Waals surface area (Å²) in [5.74, 6) is 0.848. The molecule has 0 bridgehead atoms. The van der Waals surface area contributed by atoms with Gasteiger partial charge in [-0.2, -0.15) is 0 Å². The molecular formula is C24H27ClN4O2S. The first kappa shape index (κ1) is 22.7. The minimum atomic E-state index is -0.511. The van der Waals surface area contributed by atoms with Gasteiger partial charge < -0.3 is 14.5 Å². The molecule has 3 aromatic rings. The highest BCUT2D eigenvalue weighted by molar-refractivity contribution is 7.99. The molecule has 2 heterocycles. The number of carbonyl (C=O) groups excluding carboxylic acids is 1. The molecule has 1 unspecified atom stereocenters. The summed E-state index contributed by atoms with van der Waals surface area (Å²) in [6, 6.07) is 16.0. The Morgan fingerprint density at radius 2 is 1.81 bits per heavy atom. The summed E-state index contributed by atoms with van der Waals surface area (Å²) in [5.41, 5.74) is -0.511. The topological polar surface area (TPSA) is 58.6 Å². The zero-order valence-corrected chi connectivity index (χ0v) is 20.3. The summed E-state index contributed by atoms with van der Waals surface area (Å²) in [6.45, 7) is 7.14. The van der Waals surface area contributed by atoms with E-state index < -0.39 is 5.60 Å². The van der Waals surface area contributed by atoms with E-state index in [0.717, 1.165) is 39.5 Å². The zero-order chi connectivity index (χ0) is 22.9. The molecule has 1 aliphatic heterocycles. The third-order valence-corrected chi connectivity index (χ3v) is 6.61. The summed E-state index contributed by atoms with van der Waals surface area (Å²) in [5, 5.41) is 12.8. The Kier molecular flexibility index (Phi) is 6.49. The van der Waals surface area contributed by atoms with E-state index in [4.69, 9.17) is 16.3 Å². The molecule has 1 fully saturated rings. The number of fused-ring (bicyclic) bond motifs is 1. The van der Waals surface area contributed by atoms with Gasteiger partial charge in [0, 0.05) is 40.8 Å². The summed E-state index contributed by atoms with van der Waals surface area (Å²) < 4.78 is 5.53. The lowest BCUT2D eigenvalue weighted by Crippen LogP contribution is -2.42. The number of hydrogen-bond acceptors (Lipinski definition) is 6. The van der Waals surface area contributed by atoms with Crippen molar-refractivity contribution in [3.05, 3.63) is 53.6 Å². The van der Waals surface area contributed by atoms with E-state index in [9.17, 15) is 4.79 Å². The third-order valence-electron chi connectivity index (χ3n) is 5.35. The Morgan fingerprint density at radius 3 is 2.50 bits per heavy atom. The second kappa shape index (κ2) is 9.16. The summed E-state index contributed by atoms with van der Waals surface area (Å²) in [7, 11) is 1.80. The molecule has 4 rings (SSSR count). The van der Waals surface area contributed by atoms with Gasteiger partial charge >= 0.3 is 6.09 Å². The van der Waals surface area contributed by atoms with Gasteiger partial charge in [-0.3, -0.25) is 0 Å². The fourth-order valence-electron chi connectivity index (χ4n) is 3.72. The van der Waals surface area contributed by atoms with E-state index >= 15 is 0 Å². The van der Waals surface area contributed by atoms with Crippen LogP contribution in [0.15, 0.2) is 58.5 Å². The van der Waals surface area contributed by atoms with E-state index in [1.165, 1.54) is 0 Å². The average molecular weight is 471 g/mol. The smallest absolute Gasteiger partial charge is 0.410 e. The number of carbonyl (C=O) groups is 1. The largest absolute Gasteiger partial charge is 0.444 e. The van der Waals surface area contributed by atoms with Gasteiger partial charge in [0.25, 0.3) is 0 Å². The first-order chi connectivity index (χ1) is 15.2. The molecule has 168 valence electrons. The molecule has 6 nitrogen and oxygen atoms in total. The van der Waals surface area contributed by atoms with Crippen LogP contribution in [0.3, 0.4) is 0 Å². The van der Waals surface area contributed by atoms with Gasteiger partial charge in [0.05, 0.1) is 6.04 Å². The van der Waals surface area contributed by atoms with Crippen LogP contribution in [0.5, 0.6) is 0 Å². The van der Waals surface area contributed by atoms with Crippen molar-refractivity contribution in [1.82, 2.24) is 15.1 Å². The minimum Gasteiger partial charge on any atom is -0.444 e. The van der Waals surface area contributed by atoms with Crippen LogP contribution in [0, 0.1) is 0 Å². The van der Waals surface area contributed by atoms with Crippen molar-refractivity contribution in [2.24, 2.45) is 0 Å². The van der Waals surface area contributed by atoms with Gasteiger partial charge in [-0.15, -0.1) is 10.2 Å². The van der Waals surface area contributed by atoms with Gasteiger partial charge in [-0.25, -0.2) is 4.79 Å². The van der Waals surface area contributed by atoms with Crippen molar-refractivity contribution >= 4 is 46.0 Å².